The third-order valence-electron chi connectivity index (χ3n) is 5.85. The summed E-state index contributed by atoms with van der Waals surface area (Å²) in [4.78, 5) is 30.7. The van der Waals surface area contributed by atoms with Gasteiger partial charge in [-0.25, -0.2) is 4.79 Å². The van der Waals surface area contributed by atoms with Gasteiger partial charge in [-0.15, -0.1) is 0 Å². The molecule has 1 N–H and O–H groups in total. The number of aromatic nitrogens is 1. The highest BCUT2D eigenvalue weighted by Crippen LogP contribution is 2.50. The first kappa shape index (κ1) is 14.7. The molecule has 2 saturated carbocycles. The van der Waals surface area contributed by atoms with Gasteiger partial charge in [0.25, 0.3) is 0 Å². The van der Waals surface area contributed by atoms with E-state index in [0.29, 0.717) is 12.5 Å². The number of hydrogen-bond acceptors (Lipinski definition) is 3. The first-order chi connectivity index (χ1) is 11.2. The van der Waals surface area contributed by atoms with Crippen molar-refractivity contribution < 1.29 is 14.7 Å². The zero-order valence-corrected chi connectivity index (χ0v) is 13.1. The molecule has 2 aliphatic carbocycles. The van der Waals surface area contributed by atoms with E-state index in [1.165, 1.54) is 0 Å². The number of carbonyl (C=O) groups excluding carboxylic acids is 1. The van der Waals surface area contributed by atoms with E-state index in [1.54, 1.807) is 11.1 Å². The number of nitrogens with zero attached hydrogens (tertiary/aromatic N) is 2. The van der Waals surface area contributed by atoms with Crippen molar-refractivity contribution in [1.29, 1.82) is 0 Å². The Hall–Kier alpha value is -1.91. The molecular formula is C18H22N2O3. The van der Waals surface area contributed by atoms with Gasteiger partial charge in [0.15, 0.2) is 0 Å². The van der Waals surface area contributed by atoms with Crippen LogP contribution in [-0.2, 0) is 9.59 Å². The number of fused-ring (bicyclic) bond motifs is 1. The van der Waals surface area contributed by atoms with Gasteiger partial charge in [-0.1, -0.05) is 18.9 Å². The normalized spacial score (nSPS) is 35.7. The Balaban J connectivity index is 1.51. The smallest absolute Gasteiger partial charge is 0.326 e. The van der Waals surface area contributed by atoms with E-state index in [2.05, 4.69) is 4.98 Å². The van der Waals surface area contributed by atoms with E-state index < -0.39 is 12.0 Å². The Kier molecular flexibility index (Phi) is 3.58. The molecule has 1 amide bonds. The first-order valence-electron chi connectivity index (χ1n) is 8.61. The highest BCUT2D eigenvalue weighted by atomic mass is 16.4. The Morgan fingerprint density at radius 1 is 1.22 bits per heavy atom. The van der Waals surface area contributed by atoms with Crippen LogP contribution in [0.5, 0.6) is 0 Å². The molecule has 5 nitrogen and oxygen atoms in total. The minimum absolute atomic E-state index is 0.0300. The number of likely N-dealkylation sites (tertiary alicyclic amines) is 1. The lowest BCUT2D eigenvalue weighted by molar-refractivity contribution is -0.150. The van der Waals surface area contributed by atoms with Crippen LogP contribution < -0.4 is 0 Å². The van der Waals surface area contributed by atoms with Gasteiger partial charge < -0.3 is 10.0 Å². The largest absolute Gasteiger partial charge is 0.480 e. The molecule has 3 aliphatic rings. The van der Waals surface area contributed by atoms with Crippen molar-refractivity contribution in [3.63, 3.8) is 0 Å². The number of rotatable bonds is 3. The van der Waals surface area contributed by atoms with E-state index in [-0.39, 0.29) is 23.7 Å². The number of pyridine rings is 1. The topological polar surface area (TPSA) is 70.5 Å². The molecule has 5 atom stereocenters. The average Bonchev–Trinajstić information content (AvgIpc) is 3.27. The maximum Gasteiger partial charge on any atom is 0.326 e. The summed E-state index contributed by atoms with van der Waals surface area (Å²) in [5, 5.41) is 9.65. The summed E-state index contributed by atoms with van der Waals surface area (Å²) in [5.74, 6) is -0.184. The zero-order valence-electron chi connectivity index (χ0n) is 13.1. The van der Waals surface area contributed by atoms with Gasteiger partial charge in [-0.2, -0.15) is 0 Å². The van der Waals surface area contributed by atoms with E-state index >= 15 is 0 Å². The van der Waals surface area contributed by atoms with Crippen LogP contribution >= 0.6 is 0 Å². The standard InChI is InChI=1S/C18H22N2O3/c21-17(14-9-13(14)15-7-3-4-8-19-15)20-10-11-5-1-2-6-12(11)16(20)18(22)23/h3-4,7-8,11-14,16H,1-2,5-6,9-10H2,(H,22,23)/t11-,12-,13+,14+,16-/m0/s1. The van der Waals surface area contributed by atoms with Gasteiger partial charge in [0.05, 0.1) is 0 Å². The second kappa shape index (κ2) is 5.62. The van der Waals surface area contributed by atoms with Crippen molar-refractivity contribution in [2.24, 2.45) is 17.8 Å². The molecule has 1 aromatic heterocycles. The van der Waals surface area contributed by atoms with Crippen LogP contribution in [0.2, 0.25) is 0 Å². The van der Waals surface area contributed by atoms with E-state index in [0.717, 1.165) is 37.8 Å². The van der Waals surface area contributed by atoms with Crippen LogP contribution in [0.15, 0.2) is 24.4 Å². The SMILES string of the molecule is O=C(O)[C@@H]1[C@H]2CCCC[C@H]2CN1C(=O)[C@@H]1C[C@H]1c1ccccn1. The van der Waals surface area contributed by atoms with Crippen molar-refractivity contribution in [1.82, 2.24) is 9.88 Å². The number of hydrogen-bond donors (Lipinski definition) is 1. The zero-order chi connectivity index (χ0) is 16.0. The number of amides is 1. The summed E-state index contributed by atoms with van der Waals surface area (Å²) in [6.07, 6.45) is 6.81. The second-order valence-corrected chi connectivity index (χ2v) is 7.19. The highest BCUT2D eigenvalue weighted by Gasteiger charge is 2.54. The third-order valence-corrected chi connectivity index (χ3v) is 5.85. The molecule has 5 heteroatoms. The molecule has 0 spiro atoms. The second-order valence-electron chi connectivity index (χ2n) is 7.19. The fourth-order valence-electron chi connectivity index (χ4n) is 4.62. The molecule has 0 unspecified atom stereocenters. The van der Waals surface area contributed by atoms with Gasteiger partial charge in [0.1, 0.15) is 6.04 Å². The minimum Gasteiger partial charge on any atom is -0.480 e. The van der Waals surface area contributed by atoms with Crippen LogP contribution in [0.4, 0.5) is 0 Å². The van der Waals surface area contributed by atoms with Crippen molar-refractivity contribution >= 4 is 11.9 Å². The fraction of sp³-hybridized carbons (Fsp3) is 0.611. The molecule has 0 aromatic carbocycles. The lowest BCUT2D eigenvalue weighted by atomic mass is 9.78. The lowest BCUT2D eigenvalue weighted by Crippen LogP contribution is -2.44. The van der Waals surface area contributed by atoms with Crippen molar-refractivity contribution in [2.45, 2.75) is 44.1 Å². The summed E-state index contributed by atoms with van der Waals surface area (Å²) in [5.41, 5.74) is 0.953. The summed E-state index contributed by atoms with van der Waals surface area (Å²) in [7, 11) is 0. The number of carboxylic acid groups (broad SMARTS) is 1. The highest BCUT2D eigenvalue weighted by molar-refractivity contribution is 5.88. The van der Waals surface area contributed by atoms with Crippen LogP contribution in [0.25, 0.3) is 0 Å². The predicted molar refractivity (Wildman–Crippen MR) is 83.7 cm³/mol. The number of carboxylic acids is 1. The summed E-state index contributed by atoms with van der Waals surface area (Å²) < 4.78 is 0. The van der Waals surface area contributed by atoms with Crippen molar-refractivity contribution in [2.75, 3.05) is 6.54 Å². The summed E-state index contributed by atoms with van der Waals surface area (Å²) >= 11 is 0. The van der Waals surface area contributed by atoms with Crippen molar-refractivity contribution in [3.8, 4) is 0 Å². The van der Waals surface area contributed by atoms with Crippen LogP contribution in [0, 0.1) is 17.8 Å². The van der Waals surface area contributed by atoms with Crippen LogP contribution in [0.1, 0.15) is 43.7 Å². The van der Waals surface area contributed by atoms with Crippen LogP contribution in [-0.4, -0.2) is 39.5 Å². The molecular weight excluding hydrogens is 292 g/mol. The number of carbonyl (C=O) groups is 2. The molecule has 1 aliphatic heterocycles. The van der Waals surface area contributed by atoms with Gasteiger partial charge >= 0.3 is 5.97 Å². The van der Waals surface area contributed by atoms with E-state index in [1.807, 2.05) is 18.2 Å². The molecule has 2 heterocycles. The van der Waals surface area contributed by atoms with Gasteiger partial charge in [-0.3, -0.25) is 9.78 Å². The van der Waals surface area contributed by atoms with Gasteiger partial charge in [0, 0.05) is 30.3 Å². The lowest BCUT2D eigenvalue weighted by Gasteiger charge is -2.27. The van der Waals surface area contributed by atoms with Crippen molar-refractivity contribution in [3.05, 3.63) is 30.1 Å². The average molecular weight is 314 g/mol. The molecule has 0 radical (unpaired) electrons. The van der Waals surface area contributed by atoms with E-state index in [4.69, 9.17) is 0 Å². The Labute approximate surface area is 135 Å². The fourth-order valence-corrected chi connectivity index (χ4v) is 4.62. The molecule has 0 bridgehead atoms. The molecule has 3 fully saturated rings. The molecule has 1 saturated heterocycles. The Morgan fingerprint density at radius 3 is 2.78 bits per heavy atom. The first-order valence-corrected chi connectivity index (χ1v) is 8.61. The number of aliphatic carboxylic acids is 1. The monoisotopic (exact) mass is 314 g/mol. The third kappa shape index (κ3) is 2.52. The maximum atomic E-state index is 12.9. The predicted octanol–water partition coefficient (Wildman–Crippen LogP) is 2.29. The summed E-state index contributed by atoms with van der Waals surface area (Å²) in [6.45, 7) is 0.631. The van der Waals surface area contributed by atoms with E-state index in [9.17, 15) is 14.7 Å². The minimum atomic E-state index is -0.831. The van der Waals surface area contributed by atoms with Gasteiger partial charge in [0.2, 0.25) is 5.91 Å². The Bertz CT molecular complexity index is 618. The molecule has 23 heavy (non-hydrogen) atoms. The molecule has 122 valence electrons. The quantitative estimate of drug-likeness (QED) is 0.929. The maximum absolute atomic E-state index is 12.9. The van der Waals surface area contributed by atoms with Crippen LogP contribution in [0.3, 0.4) is 0 Å². The molecule has 1 aromatic rings. The Morgan fingerprint density at radius 2 is 2.04 bits per heavy atom. The summed E-state index contributed by atoms with van der Waals surface area (Å²) in [6, 6.07) is 5.15. The molecule has 4 rings (SSSR count). The van der Waals surface area contributed by atoms with Gasteiger partial charge in [-0.05, 0) is 43.2 Å².